The van der Waals surface area contributed by atoms with Crippen molar-refractivity contribution in [3.8, 4) is 0 Å². The average molecular weight is 276 g/mol. The third-order valence-electron chi connectivity index (χ3n) is 2.85. The molecule has 1 amide bonds. The minimum Gasteiger partial charge on any atom is -0.336 e. The van der Waals surface area contributed by atoms with Gasteiger partial charge in [0, 0.05) is 13.6 Å². The Kier molecular flexibility index (Phi) is 4.12. The lowest BCUT2D eigenvalue weighted by Gasteiger charge is -2.17. The van der Waals surface area contributed by atoms with Crippen molar-refractivity contribution in [3.05, 3.63) is 58.6 Å². The van der Waals surface area contributed by atoms with Gasteiger partial charge in [-0.05, 0) is 18.1 Å². The Morgan fingerprint density at radius 1 is 1.26 bits per heavy atom. The van der Waals surface area contributed by atoms with Crippen molar-refractivity contribution in [3.63, 3.8) is 0 Å². The molecule has 0 aliphatic heterocycles. The molecule has 0 bridgehead atoms. The van der Waals surface area contributed by atoms with Gasteiger partial charge in [0.05, 0.1) is 12.4 Å². The summed E-state index contributed by atoms with van der Waals surface area (Å²) in [5.74, 6) is -0.174. The zero-order valence-electron chi connectivity index (χ0n) is 10.8. The molecule has 1 heterocycles. The van der Waals surface area contributed by atoms with E-state index < -0.39 is 0 Å². The molecule has 0 aliphatic carbocycles. The van der Waals surface area contributed by atoms with Crippen molar-refractivity contribution in [1.82, 2.24) is 14.9 Å². The van der Waals surface area contributed by atoms with E-state index in [0.717, 1.165) is 11.1 Å². The minimum atomic E-state index is -0.174. The fourth-order valence-corrected chi connectivity index (χ4v) is 1.83. The van der Waals surface area contributed by atoms with Crippen LogP contribution in [0.3, 0.4) is 0 Å². The maximum Gasteiger partial charge on any atom is 0.274 e. The fraction of sp³-hybridized carbons (Fsp3) is 0.214. The van der Waals surface area contributed by atoms with Gasteiger partial charge in [-0.15, -0.1) is 0 Å². The number of hydrogen-bond donors (Lipinski definition) is 0. The molecule has 0 saturated carbocycles. The Balaban J connectivity index is 2.12. The molecule has 1 aromatic carbocycles. The summed E-state index contributed by atoms with van der Waals surface area (Å²) in [4.78, 5) is 21.6. The van der Waals surface area contributed by atoms with Crippen LogP contribution < -0.4 is 0 Å². The molecule has 0 spiro atoms. The van der Waals surface area contributed by atoms with E-state index in [4.69, 9.17) is 11.6 Å². The van der Waals surface area contributed by atoms with Gasteiger partial charge in [0.15, 0.2) is 0 Å². The van der Waals surface area contributed by atoms with E-state index in [9.17, 15) is 4.79 Å². The van der Waals surface area contributed by atoms with Crippen LogP contribution in [0.1, 0.15) is 21.6 Å². The van der Waals surface area contributed by atoms with Crippen molar-refractivity contribution in [1.29, 1.82) is 0 Å². The molecule has 4 nitrogen and oxygen atoms in total. The molecule has 0 aliphatic rings. The van der Waals surface area contributed by atoms with Gasteiger partial charge < -0.3 is 4.90 Å². The molecular weight excluding hydrogens is 262 g/mol. The smallest absolute Gasteiger partial charge is 0.274 e. The molecule has 1 aromatic heterocycles. The second kappa shape index (κ2) is 5.80. The Labute approximate surface area is 117 Å². The maximum absolute atomic E-state index is 12.2. The average Bonchev–Trinajstić information content (AvgIpc) is 2.41. The van der Waals surface area contributed by atoms with Gasteiger partial charge >= 0.3 is 0 Å². The molecule has 2 aromatic rings. The molecule has 19 heavy (non-hydrogen) atoms. The monoisotopic (exact) mass is 275 g/mol. The summed E-state index contributed by atoms with van der Waals surface area (Å²) in [6.45, 7) is 2.56. The van der Waals surface area contributed by atoms with E-state index >= 15 is 0 Å². The molecule has 0 fully saturated rings. The van der Waals surface area contributed by atoms with E-state index in [1.807, 2.05) is 31.2 Å². The van der Waals surface area contributed by atoms with Crippen molar-refractivity contribution < 1.29 is 4.79 Å². The standard InChI is InChI=1S/C14H14ClN3O/c1-10-5-3-4-6-11(10)9-18(2)14(19)12-7-17-13(15)8-16-12/h3-8H,9H2,1-2H3. The van der Waals surface area contributed by atoms with Crippen molar-refractivity contribution in [2.24, 2.45) is 0 Å². The highest BCUT2D eigenvalue weighted by molar-refractivity contribution is 6.29. The first-order valence-electron chi connectivity index (χ1n) is 5.85. The summed E-state index contributed by atoms with van der Waals surface area (Å²) in [5.41, 5.74) is 2.56. The van der Waals surface area contributed by atoms with Crippen molar-refractivity contribution in [2.75, 3.05) is 7.05 Å². The Morgan fingerprint density at radius 2 is 2.00 bits per heavy atom. The SMILES string of the molecule is Cc1ccccc1CN(C)C(=O)c1cnc(Cl)cn1. The number of hydrogen-bond acceptors (Lipinski definition) is 3. The van der Waals surface area contributed by atoms with Gasteiger partial charge in [0.25, 0.3) is 5.91 Å². The first-order chi connectivity index (χ1) is 9.08. The van der Waals surface area contributed by atoms with E-state index in [-0.39, 0.29) is 11.1 Å². The molecule has 0 radical (unpaired) electrons. The summed E-state index contributed by atoms with van der Waals surface area (Å²) in [7, 11) is 1.74. The van der Waals surface area contributed by atoms with Crippen molar-refractivity contribution >= 4 is 17.5 Å². The number of carbonyl (C=O) groups is 1. The van der Waals surface area contributed by atoms with Crippen LogP contribution in [-0.4, -0.2) is 27.8 Å². The van der Waals surface area contributed by atoms with Gasteiger partial charge in [-0.25, -0.2) is 9.97 Å². The van der Waals surface area contributed by atoms with Crippen LogP contribution in [-0.2, 0) is 6.54 Å². The number of halogens is 1. The third-order valence-corrected chi connectivity index (χ3v) is 3.05. The largest absolute Gasteiger partial charge is 0.336 e. The van der Waals surface area contributed by atoms with Gasteiger partial charge in [-0.1, -0.05) is 35.9 Å². The summed E-state index contributed by atoms with van der Waals surface area (Å²) in [6, 6.07) is 7.97. The molecule has 98 valence electrons. The first kappa shape index (κ1) is 13.5. The number of aromatic nitrogens is 2. The van der Waals surface area contributed by atoms with Gasteiger partial charge in [-0.2, -0.15) is 0 Å². The van der Waals surface area contributed by atoms with E-state index in [1.54, 1.807) is 11.9 Å². The number of nitrogens with zero attached hydrogens (tertiary/aromatic N) is 3. The highest BCUT2D eigenvalue weighted by Crippen LogP contribution is 2.11. The van der Waals surface area contributed by atoms with Gasteiger partial charge in [0.2, 0.25) is 0 Å². The Morgan fingerprint density at radius 3 is 2.63 bits per heavy atom. The lowest BCUT2D eigenvalue weighted by atomic mass is 10.1. The summed E-state index contributed by atoms with van der Waals surface area (Å²) >= 11 is 5.65. The third kappa shape index (κ3) is 3.29. The topological polar surface area (TPSA) is 46.1 Å². The van der Waals surface area contributed by atoms with Crippen LogP contribution >= 0.6 is 11.6 Å². The van der Waals surface area contributed by atoms with Crippen LogP contribution in [0.5, 0.6) is 0 Å². The summed E-state index contributed by atoms with van der Waals surface area (Å²) < 4.78 is 0. The molecular formula is C14H14ClN3O. The number of benzene rings is 1. The second-order valence-electron chi connectivity index (χ2n) is 4.31. The molecule has 0 unspecified atom stereocenters. The molecule has 0 N–H and O–H groups in total. The normalized spacial score (nSPS) is 10.3. The van der Waals surface area contributed by atoms with E-state index in [1.165, 1.54) is 12.4 Å². The second-order valence-corrected chi connectivity index (χ2v) is 4.70. The highest BCUT2D eigenvalue weighted by atomic mass is 35.5. The number of carbonyl (C=O) groups excluding carboxylic acids is 1. The molecule has 0 saturated heterocycles. The number of aryl methyl sites for hydroxylation is 1. The van der Waals surface area contributed by atoms with Crippen LogP contribution in [0, 0.1) is 6.92 Å². The van der Waals surface area contributed by atoms with Crippen molar-refractivity contribution in [2.45, 2.75) is 13.5 Å². The minimum absolute atomic E-state index is 0.174. The number of amides is 1. The Bertz CT molecular complexity index is 583. The van der Waals surface area contributed by atoms with Crippen LogP contribution in [0.15, 0.2) is 36.7 Å². The summed E-state index contributed by atoms with van der Waals surface area (Å²) in [6.07, 6.45) is 2.76. The lowest BCUT2D eigenvalue weighted by Crippen LogP contribution is -2.27. The van der Waals surface area contributed by atoms with Crippen LogP contribution in [0.2, 0.25) is 5.15 Å². The van der Waals surface area contributed by atoms with Crippen LogP contribution in [0.25, 0.3) is 0 Å². The van der Waals surface area contributed by atoms with Crippen LogP contribution in [0.4, 0.5) is 0 Å². The quantitative estimate of drug-likeness (QED) is 0.865. The van der Waals surface area contributed by atoms with E-state index in [0.29, 0.717) is 12.2 Å². The predicted octanol–water partition coefficient (Wildman–Crippen LogP) is 2.71. The van der Waals surface area contributed by atoms with Gasteiger partial charge in [0.1, 0.15) is 10.8 Å². The molecule has 5 heteroatoms. The zero-order valence-corrected chi connectivity index (χ0v) is 11.6. The maximum atomic E-state index is 12.2. The lowest BCUT2D eigenvalue weighted by molar-refractivity contribution is 0.0778. The van der Waals surface area contributed by atoms with E-state index in [2.05, 4.69) is 9.97 Å². The first-order valence-corrected chi connectivity index (χ1v) is 6.23. The Hall–Kier alpha value is -1.94. The van der Waals surface area contributed by atoms with Gasteiger partial charge in [-0.3, -0.25) is 4.79 Å². The highest BCUT2D eigenvalue weighted by Gasteiger charge is 2.14. The predicted molar refractivity (Wildman–Crippen MR) is 74.0 cm³/mol. The molecule has 0 atom stereocenters. The molecule has 2 rings (SSSR count). The fourth-order valence-electron chi connectivity index (χ4n) is 1.73. The zero-order chi connectivity index (χ0) is 13.8. The summed E-state index contributed by atoms with van der Waals surface area (Å²) in [5, 5.41) is 0.276. The number of rotatable bonds is 3.